The first-order valence-electron chi connectivity index (χ1n) is 11.9. The maximum Gasteiger partial charge on any atom is 0.340 e. The monoisotopic (exact) mass is 529 g/mol. The standard InChI is InChI=1S/C29H24FN3O6/c1-35-23-8-3-18(4-9-23)27-32-21(15-37-27)14-31-26-13-20(30)7-12-25(26)29(34)39-17-22-16-38-28(33-22)19-5-10-24(36-2)11-6-19/h3-13,15-16,31H,14,17H2,1-2H3. The van der Waals surface area contributed by atoms with Gasteiger partial charge in [-0.15, -0.1) is 0 Å². The number of hydrogen-bond acceptors (Lipinski definition) is 9. The van der Waals surface area contributed by atoms with E-state index in [9.17, 15) is 9.18 Å². The fraction of sp³-hybridized carbons (Fsp3) is 0.138. The first-order valence-corrected chi connectivity index (χ1v) is 11.9. The highest BCUT2D eigenvalue weighted by Gasteiger charge is 2.16. The third-order valence-electron chi connectivity index (χ3n) is 5.79. The molecule has 0 aliphatic carbocycles. The Morgan fingerprint density at radius 2 is 1.38 bits per heavy atom. The molecular weight excluding hydrogens is 505 g/mol. The Balaban J connectivity index is 1.22. The zero-order chi connectivity index (χ0) is 27.2. The van der Waals surface area contributed by atoms with E-state index in [0.717, 1.165) is 16.9 Å². The number of aromatic nitrogens is 2. The van der Waals surface area contributed by atoms with Gasteiger partial charge in [-0.3, -0.25) is 0 Å². The molecule has 5 aromatic rings. The van der Waals surface area contributed by atoms with Crippen molar-refractivity contribution in [1.29, 1.82) is 0 Å². The summed E-state index contributed by atoms with van der Waals surface area (Å²) < 4.78 is 40.8. The average Bonchev–Trinajstić information content (AvgIpc) is 3.65. The summed E-state index contributed by atoms with van der Waals surface area (Å²) in [6, 6.07) is 18.3. The van der Waals surface area contributed by atoms with Gasteiger partial charge in [-0.05, 0) is 66.7 Å². The van der Waals surface area contributed by atoms with Gasteiger partial charge in [0.05, 0.1) is 37.7 Å². The van der Waals surface area contributed by atoms with Gasteiger partial charge in [0.25, 0.3) is 0 Å². The van der Waals surface area contributed by atoms with Crippen LogP contribution in [-0.2, 0) is 17.9 Å². The van der Waals surface area contributed by atoms with Crippen LogP contribution < -0.4 is 14.8 Å². The van der Waals surface area contributed by atoms with E-state index < -0.39 is 11.8 Å². The van der Waals surface area contributed by atoms with Gasteiger partial charge in [0.15, 0.2) is 0 Å². The van der Waals surface area contributed by atoms with E-state index in [2.05, 4.69) is 15.3 Å². The zero-order valence-corrected chi connectivity index (χ0v) is 21.1. The number of ether oxygens (including phenoxy) is 3. The summed E-state index contributed by atoms with van der Waals surface area (Å²) in [5.74, 6) is 1.09. The molecule has 9 nitrogen and oxygen atoms in total. The molecule has 3 aromatic carbocycles. The quantitative estimate of drug-likeness (QED) is 0.214. The predicted molar refractivity (Wildman–Crippen MR) is 140 cm³/mol. The second kappa shape index (κ2) is 11.5. The van der Waals surface area contributed by atoms with Gasteiger partial charge in [-0.25, -0.2) is 19.2 Å². The number of nitrogens with zero attached hydrogens (tertiary/aromatic N) is 2. The number of benzene rings is 3. The lowest BCUT2D eigenvalue weighted by molar-refractivity contribution is 0.0469. The molecular formula is C29H24FN3O6. The lowest BCUT2D eigenvalue weighted by Crippen LogP contribution is -2.11. The molecule has 0 saturated heterocycles. The Kier molecular flexibility index (Phi) is 7.53. The Morgan fingerprint density at radius 3 is 1.97 bits per heavy atom. The smallest absolute Gasteiger partial charge is 0.340 e. The summed E-state index contributed by atoms with van der Waals surface area (Å²) in [5, 5.41) is 3.04. The number of hydrogen-bond donors (Lipinski definition) is 1. The Bertz CT molecular complexity index is 1560. The van der Waals surface area contributed by atoms with Crippen LogP contribution in [0.2, 0.25) is 0 Å². The third-order valence-corrected chi connectivity index (χ3v) is 5.79. The van der Waals surface area contributed by atoms with Crippen LogP contribution in [0, 0.1) is 5.82 Å². The van der Waals surface area contributed by atoms with E-state index in [0.29, 0.717) is 28.9 Å². The van der Waals surface area contributed by atoms with Crippen molar-refractivity contribution >= 4 is 11.7 Å². The van der Waals surface area contributed by atoms with E-state index >= 15 is 0 Å². The van der Waals surface area contributed by atoms with Crippen LogP contribution in [0.25, 0.3) is 22.9 Å². The number of methoxy groups -OCH3 is 2. The van der Waals surface area contributed by atoms with Crippen LogP contribution in [0.4, 0.5) is 10.1 Å². The molecule has 1 N–H and O–H groups in total. The van der Waals surface area contributed by atoms with Crippen LogP contribution in [-0.4, -0.2) is 30.2 Å². The second-order valence-corrected chi connectivity index (χ2v) is 8.36. The molecule has 0 aliphatic rings. The molecule has 2 heterocycles. The number of anilines is 1. The van der Waals surface area contributed by atoms with Crippen molar-refractivity contribution < 1.29 is 32.2 Å². The fourth-order valence-electron chi connectivity index (χ4n) is 3.74. The van der Waals surface area contributed by atoms with Gasteiger partial charge in [-0.1, -0.05) is 0 Å². The summed E-state index contributed by atoms with van der Waals surface area (Å²) in [6.07, 6.45) is 2.91. The maximum atomic E-state index is 14.0. The van der Waals surface area contributed by atoms with Gasteiger partial charge in [0, 0.05) is 11.1 Å². The molecule has 0 spiro atoms. The molecule has 0 unspecified atom stereocenters. The molecule has 0 amide bonds. The van der Waals surface area contributed by atoms with Crippen molar-refractivity contribution in [3.63, 3.8) is 0 Å². The van der Waals surface area contributed by atoms with Gasteiger partial charge in [-0.2, -0.15) is 0 Å². The molecule has 0 radical (unpaired) electrons. The molecule has 0 fully saturated rings. The number of esters is 1. The van der Waals surface area contributed by atoms with Crippen LogP contribution in [0.15, 0.2) is 88.1 Å². The van der Waals surface area contributed by atoms with Crippen molar-refractivity contribution in [2.75, 3.05) is 19.5 Å². The van der Waals surface area contributed by atoms with Crippen LogP contribution in [0.3, 0.4) is 0 Å². The summed E-state index contributed by atoms with van der Waals surface area (Å²) in [5.41, 5.74) is 2.95. The average molecular weight is 530 g/mol. The van der Waals surface area contributed by atoms with Crippen LogP contribution in [0.1, 0.15) is 21.7 Å². The topological polar surface area (TPSA) is 109 Å². The SMILES string of the molecule is COc1ccc(-c2nc(CNc3cc(F)ccc3C(=O)OCc3coc(-c4ccc(OC)cc4)n3)co2)cc1. The molecule has 0 atom stereocenters. The zero-order valence-electron chi connectivity index (χ0n) is 21.1. The highest BCUT2D eigenvalue weighted by Crippen LogP contribution is 2.25. The lowest BCUT2D eigenvalue weighted by atomic mass is 10.1. The molecule has 0 saturated carbocycles. The number of halogens is 1. The minimum atomic E-state index is -0.648. The molecule has 10 heteroatoms. The third kappa shape index (κ3) is 6.07. The first-order chi connectivity index (χ1) is 19.0. The molecule has 0 aliphatic heterocycles. The molecule has 2 aromatic heterocycles. The highest BCUT2D eigenvalue weighted by molar-refractivity contribution is 5.95. The van der Waals surface area contributed by atoms with Crippen LogP contribution in [0.5, 0.6) is 11.5 Å². The molecule has 198 valence electrons. The molecule has 5 rings (SSSR count). The van der Waals surface area contributed by atoms with Crippen molar-refractivity contribution in [3.05, 3.63) is 102 Å². The van der Waals surface area contributed by atoms with Crippen molar-refractivity contribution in [2.45, 2.75) is 13.2 Å². The number of rotatable bonds is 10. The molecule has 0 bridgehead atoms. The summed E-state index contributed by atoms with van der Waals surface area (Å²) in [6.45, 7) is 0.0711. The van der Waals surface area contributed by atoms with E-state index in [4.69, 9.17) is 23.0 Å². The Hall–Kier alpha value is -5.12. The van der Waals surface area contributed by atoms with E-state index in [1.54, 1.807) is 38.5 Å². The number of oxazole rings is 2. The predicted octanol–water partition coefficient (Wildman–Crippen LogP) is 6.12. The second-order valence-electron chi connectivity index (χ2n) is 8.36. The van der Waals surface area contributed by atoms with Crippen LogP contribution >= 0.6 is 0 Å². The Labute approximate surface area is 223 Å². The Morgan fingerprint density at radius 1 is 0.821 bits per heavy atom. The first kappa shape index (κ1) is 25.5. The van der Waals surface area contributed by atoms with Gasteiger partial charge < -0.3 is 28.4 Å². The number of carbonyl (C=O) groups excluding carboxylic acids is 1. The van der Waals surface area contributed by atoms with Crippen molar-refractivity contribution in [2.24, 2.45) is 0 Å². The fourth-order valence-corrected chi connectivity index (χ4v) is 3.74. The van der Waals surface area contributed by atoms with Gasteiger partial charge in [0.1, 0.15) is 42.1 Å². The summed E-state index contributed by atoms with van der Waals surface area (Å²) >= 11 is 0. The highest BCUT2D eigenvalue weighted by atomic mass is 19.1. The van der Waals surface area contributed by atoms with Gasteiger partial charge in [0.2, 0.25) is 11.8 Å². The van der Waals surface area contributed by atoms with Crippen molar-refractivity contribution in [3.8, 4) is 34.4 Å². The van der Waals surface area contributed by atoms with E-state index in [1.807, 2.05) is 24.3 Å². The summed E-state index contributed by atoms with van der Waals surface area (Å²) in [7, 11) is 3.18. The normalized spacial score (nSPS) is 10.7. The largest absolute Gasteiger partial charge is 0.497 e. The van der Waals surface area contributed by atoms with E-state index in [-0.39, 0.29) is 24.4 Å². The van der Waals surface area contributed by atoms with Crippen molar-refractivity contribution in [1.82, 2.24) is 9.97 Å². The van der Waals surface area contributed by atoms with Gasteiger partial charge >= 0.3 is 5.97 Å². The number of carbonyl (C=O) groups is 1. The van der Waals surface area contributed by atoms with E-state index in [1.165, 1.54) is 30.7 Å². The minimum absolute atomic E-state index is 0.121. The minimum Gasteiger partial charge on any atom is -0.497 e. The number of nitrogens with one attached hydrogen (secondary N) is 1. The lowest BCUT2D eigenvalue weighted by Gasteiger charge is -2.11. The maximum absolute atomic E-state index is 14.0. The molecule has 39 heavy (non-hydrogen) atoms. The summed E-state index contributed by atoms with van der Waals surface area (Å²) in [4.78, 5) is 21.7.